The average Bonchev–Trinajstić information content (AvgIpc) is 3.09. The Morgan fingerprint density at radius 3 is 2.94 bits per heavy atom. The third kappa shape index (κ3) is 3.76. The zero-order valence-electron chi connectivity index (χ0n) is 10.00. The topological polar surface area (TPSA) is 50.4 Å². The van der Waals surface area contributed by atoms with Gasteiger partial charge in [-0.1, -0.05) is 6.92 Å². The van der Waals surface area contributed by atoms with Gasteiger partial charge in [-0.25, -0.2) is 0 Å². The van der Waals surface area contributed by atoms with Crippen LogP contribution in [-0.2, 0) is 9.53 Å². The molecule has 0 spiro atoms. The highest BCUT2D eigenvalue weighted by atomic mass is 16.5. The van der Waals surface area contributed by atoms with Crippen LogP contribution in [0.5, 0.6) is 0 Å². The highest BCUT2D eigenvalue weighted by Gasteiger charge is 2.24. The summed E-state index contributed by atoms with van der Waals surface area (Å²) in [7, 11) is 0. The van der Waals surface area contributed by atoms with Gasteiger partial charge in [-0.3, -0.25) is 4.79 Å². The molecule has 1 aliphatic carbocycles. The second kappa shape index (κ2) is 5.64. The number of hydrogen-bond donors (Lipinski definition) is 2. The highest BCUT2D eigenvalue weighted by Crippen LogP contribution is 2.27. The zero-order chi connectivity index (χ0) is 11.4. The van der Waals surface area contributed by atoms with Crippen LogP contribution in [0.2, 0.25) is 0 Å². The van der Waals surface area contributed by atoms with Gasteiger partial charge in [0.05, 0.1) is 6.10 Å². The van der Waals surface area contributed by atoms with E-state index >= 15 is 0 Å². The fourth-order valence-corrected chi connectivity index (χ4v) is 2.00. The first kappa shape index (κ1) is 11.9. The lowest BCUT2D eigenvalue weighted by molar-refractivity contribution is -0.129. The van der Waals surface area contributed by atoms with Gasteiger partial charge in [0.15, 0.2) is 0 Å². The molecule has 2 aliphatic rings. The third-order valence-corrected chi connectivity index (χ3v) is 3.47. The molecule has 0 aromatic heterocycles. The van der Waals surface area contributed by atoms with Crippen molar-refractivity contribution in [3.63, 3.8) is 0 Å². The maximum atomic E-state index is 11.5. The lowest BCUT2D eigenvalue weighted by Crippen LogP contribution is -2.43. The summed E-state index contributed by atoms with van der Waals surface area (Å²) in [5.41, 5.74) is 0. The summed E-state index contributed by atoms with van der Waals surface area (Å²) in [5.74, 6) is 1.32. The lowest BCUT2D eigenvalue weighted by atomic mass is 9.97. The maximum absolute atomic E-state index is 11.5. The normalized spacial score (nSPS) is 30.1. The minimum Gasteiger partial charge on any atom is -0.367 e. The fraction of sp³-hybridized carbons (Fsp3) is 0.917. The molecule has 0 aromatic rings. The number of ether oxygens (including phenoxy) is 1. The van der Waals surface area contributed by atoms with E-state index in [1.807, 2.05) is 0 Å². The van der Waals surface area contributed by atoms with Crippen molar-refractivity contribution in [2.75, 3.05) is 26.2 Å². The summed E-state index contributed by atoms with van der Waals surface area (Å²) in [5, 5.41) is 6.21. The molecule has 2 rings (SSSR count). The largest absolute Gasteiger partial charge is 0.367 e. The molecule has 0 radical (unpaired) electrons. The fourth-order valence-electron chi connectivity index (χ4n) is 2.00. The summed E-state index contributed by atoms with van der Waals surface area (Å²) in [6, 6.07) is 0. The Morgan fingerprint density at radius 2 is 2.25 bits per heavy atom. The molecule has 2 N–H and O–H groups in total. The smallest absolute Gasteiger partial charge is 0.246 e. The number of piperidine rings is 1. The van der Waals surface area contributed by atoms with Crippen LogP contribution in [0.4, 0.5) is 0 Å². The summed E-state index contributed by atoms with van der Waals surface area (Å²) >= 11 is 0. The van der Waals surface area contributed by atoms with E-state index in [2.05, 4.69) is 17.6 Å². The van der Waals surface area contributed by atoms with Crippen molar-refractivity contribution in [2.24, 2.45) is 11.8 Å². The molecule has 0 aromatic carbocycles. The van der Waals surface area contributed by atoms with Crippen LogP contribution in [0.15, 0.2) is 0 Å². The Hall–Kier alpha value is -0.610. The molecule has 92 valence electrons. The molecule has 2 atom stereocenters. The Bertz CT molecular complexity index is 241. The quantitative estimate of drug-likeness (QED) is 0.719. The highest BCUT2D eigenvalue weighted by molar-refractivity contribution is 5.77. The standard InChI is InChI=1S/C12H22N2O2/c1-9-4-5-13-7-11(9)16-8-12(15)14-6-10-2-3-10/h9-11,13H,2-8H2,1H3,(H,14,15). The Labute approximate surface area is 97.1 Å². The second-order valence-corrected chi connectivity index (χ2v) is 5.07. The van der Waals surface area contributed by atoms with Crippen LogP contribution in [0.1, 0.15) is 26.2 Å². The molecule has 4 heteroatoms. The molecule has 1 amide bonds. The number of amides is 1. The zero-order valence-corrected chi connectivity index (χ0v) is 10.00. The van der Waals surface area contributed by atoms with Gasteiger partial charge in [0, 0.05) is 13.1 Å². The third-order valence-electron chi connectivity index (χ3n) is 3.47. The minimum atomic E-state index is 0.0321. The summed E-state index contributed by atoms with van der Waals surface area (Å²) < 4.78 is 5.64. The molecular formula is C12H22N2O2. The number of nitrogens with one attached hydrogen (secondary N) is 2. The molecule has 2 unspecified atom stereocenters. The minimum absolute atomic E-state index is 0.0321. The molecule has 16 heavy (non-hydrogen) atoms. The van der Waals surface area contributed by atoms with Crippen LogP contribution in [0, 0.1) is 11.8 Å². The van der Waals surface area contributed by atoms with E-state index in [0.717, 1.165) is 32.0 Å². The van der Waals surface area contributed by atoms with Crippen LogP contribution in [-0.4, -0.2) is 38.3 Å². The van der Waals surface area contributed by atoms with Gasteiger partial charge < -0.3 is 15.4 Å². The second-order valence-electron chi connectivity index (χ2n) is 5.07. The first-order valence-electron chi connectivity index (χ1n) is 6.34. The van der Waals surface area contributed by atoms with E-state index in [9.17, 15) is 4.79 Å². The van der Waals surface area contributed by atoms with Crippen molar-refractivity contribution >= 4 is 5.91 Å². The van der Waals surface area contributed by atoms with Gasteiger partial charge in [0.25, 0.3) is 0 Å². The molecule has 1 saturated carbocycles. The summed E-state index contributed by atoms with van der Waals surface area (Å²) in [6.45, 7) is 5.17. The maximum Gasteiger partial charge on any atom is 0.246 e. The first-order chi connectivity index (χ1) is 7.75. The van der Waals surface area contributed by atoms with Crippen molar-refractivity contribution in [3.05, 3.63) is 0 Å². The SMILES string of the molecule is CC1CCNCC1OCC(=O)NCC1CC1. The molecule has 2 fully saturated rings. The monoisotopic (exact) mass is 226 g/mol. The first-order valence-corrected chi connectivity index (χ1v) is 6.34. The van der Waals surface area contributed by atoms with Crippen molar-refractivity contribution in [1.82, 2.24) is 10.6 Å². The van der Waals surface area contributed by atoms with Crippen LogP contribution >= 0.6 is 0 Å². The van der Waals surface area contributed by atoms with Gasteiger partial charge in [0.1, 0.15) is 6.61 Å². The van der Waals surface area contributed by atoms with E-state index in [4.69, 9.17) is 4.74 Å². The summed E-state index contributed by atoms with van der Waals surface area (Å²) in [6.07, 6.45) is 3.87. The van der Waals surface area contributed by atoms with E-state index in [1.54, 1.807) is 0 Å². The molecule has 4 nitrogen and oxygen atoms in total. The van der Waals surface area contributed by atoms with Crippen LogP contribution in [0.25, 0.3) is 0 Å². The predicted octanol–water partition coefficient (Wildman–Crippen LogP) is 0.527. The van der Waals surface area contributed by atoms with Crippen molar-refractivity contribution < 1.29 is 9.53 Å². The van der Waals surface area contributed by atoms with E-state index < -0.39 is 0 Å². The lowest BCUT2D eigenvalue weighted by Gasteiger charge is -2.29. The Kier molecular flexibility index (Phi) is 4.18. The van der Waals surface area contributed by atoms with Crippen LogP contribution in [0.3, 0.4) is 0 Å². The average molecular weight is 226 g/mol. The van der Waals surface area contributed by atoms with Crippen molar-refractivity contribution in [3.8, 4) is 0 Å². The van der Waals surface area contributed by atoms with Crippen LogP contribution < -0.4 is 10.6 Å². The number of carbonyl (C=O) groups excluding carboxylic acids is 1. The predicted molar refractivity (Wildman–Crippen MR) is 62.1 cm³/mol. The summed E-state index contributed by atoms with van der Waals surface area (Å²) in [4.78, 5) is 11.5. The molecule has 1 saturated heterocycles. The number of hydrogen-bond acceptors (Lipinski definition) is 3. The van der Waals surface area contributed by atoms with E-state index in [0.29, 0.717) is 5.92 Å². The van der Waals surface area contributed by atoms with Gasteiger partial charge >= 0.3 is 0 Å². The van der Waals surface area contributed by atoms with E-state index in [-0.39, 0.29) is 18.6 Å². The van der Waals surface area contributed by atoms with Gasteiger partial charge in [-0.2, -0.15) is 0 Å². The molecule has 1 aliphatic heterocycles. The van der Waals surface area contributed by atoms with Gasteiger partial charge in [-0.15, -0.1) is 0 Å². The Morgan fingerprint density at radius 1 is 1.44 bits per heavy atom. The molecule has 1 heterocycles. The molecule has 0 bridgehead atoms. The Balaban J connectivity index is 1.59. The van der Waals surface area contributed by atoms with E-state index in [1.165, 1.54) is 12.8 Å². The number of carbonyl (C=O) groups is 1. The number of rotatable bonds is 5. The van der Waals surface area contributed by atoms with Crippen molar-refractivity contribution in [2.45, 2.75) is 32.3 Å². The molecular weight excluding hydrogens is 204 g/mol. The van der Waals surface area contributed by atoms with Gasteiger partial charge in [0.2, 0.25) is 5.91 Å². The van der Waals surface area contributed by atoms with Gasteiger partial charge in [-0.05, 0) is 37.6 Å². The van der Waals surface area contributed by atoms with Crippen molar-refractivity contribution in [1.29, 1.82) is 0 Å².